The smallest absolute Gasteiger partial charge is 0.261 e. The van der Waals surface area contributed by atoms with Gasteiger partial charge in [0.15, 0.2) is 11.3 Å². The second-order valence-electron chi connectivity index (χ2n) is 14.5. The molecule has 350 valence electrons. The first-order valence-corrected chi connectivity index (χ1v) is 23.6. The minimum absolute atomic E-state index is 0.0168. The van der Waals surface area contributed by atoms with Crippen molar-refractivity contribution < 1.29 is 17.5 Å². The lowest BCUT2D eigenvalue weighted by molar-refractivity contribution is -0.577. The molecule has 0 saturated heterocycles. The second-order valence-corrected chi connectivity index (χ2v) is 17.3. The van der Waals surface area contributed by atoms with Crippen molar-refractivity contribution >= 4 is 106 Å². The van der Waals surface area contributed by atoms with Crippen LogP contribution < -0.4 is 9.45 Å². The number of aromatic nitrogens is 11. The predicted octanol–water partition coefficient (Wildman–Crippen LogP) is 11.3. The molecular weight excluding hydrogens is 986 g/mol. The molecule has 15 nitrogen and oxygen atoms in total. The van der Waals surface area contributed by atoms with Gasteiger partial charge in [-0.1, -0.05) is 34.8 Å². The van der Waals surface area contributed by atoms with Crippen LogP contribution in [0.5, 0.6) is 0 Å². The average molecular weight is 1020 g/mol. The van der Waals surface area contributed by atoms with E-state index in [1.807, 2.05) is 72.8 Å². The Morgan fingerprint density at radius 1 is 0.507 bits per heavy atom. The van der Waals surface area contributed by atoms with E-state index in [0.717, 1.165) is 61.0 Å². The van der Waals surface area contributed by atoms with Gasteiger partial charge >= 0.3 is 0 Å². The van der Waals surface area contributed by atoms with Crippen molar-refractivity contribution in [2.24, 2.45) is 0 Å². The summed E-state index contributed by atoms with van der Waals surface area (Å²) < 4.78 is 41.3. The summed E-state index contributed by atoms with van der Waals surface area (Å²) in [6, 6.07) is 40.6. The maximum atomic E-state index is 13.1. The van der Waals surface area contributed by atoms with Crippen LogP contribution in [0.4, 0.5) is 10.1 Å². The molecule has 12 rings (SSSR count). The molecule has 0 atom stereocenters. The number of rotatable bonds is 4. The fraction of sp³-hybridized carbons (Fsp3) is 0. The normalized spacial score (nSPS) is 10.7. The van der Waals surface area contributed by atoms with Crippen LogP contribution in [0.2, 0.25) is 15.3 Å². The maximum absolute atomic E-state index is 13.1. The van der Waals surface area contributed by atoms with Crippen LogP contribution in [0, 0.1) is 11.0 Å². The minimum Gasteiger partial charge on any atom is -0.618 e. The number of fused-ring (bicyclic) bond motifs is 5. The van der Waals surface area contributed by atoms with Crippen LogP contribution in [0.3, 0.4) is 0 Å². The number of hydrogen-bond acceptors (Lipinski definition) is 13. The highest BCUT2D eigenvalue weighted by molar-refractivity contribution is 7.92. The fourth-order valence-corrected chi connectivity index (χ4v) is 8.01. The molecule has 1 N–H and O–H groups in total. The van der Waals surface area contributed by atoms with Crippen LogP contribution in [0.25, 0.3) is 66.4 Å². The van der Waals surface area contributed by atoms with Crippen LogP contribution in [0.15, 0.2) is 206 Å². The quantitative estimate of drug-likeness (QED) is 0.0992. The number of pyridine rings is 11. The largest absolute Gasteiger partial charge is 0.618 e. The van der Waals surface area contributed by atoms with Crippen LogP contribution in [-0.4, -0.2) is 58.3 Å². The van der Waals surface area contributed by atoms with E-state index in [1.165, 1.54) is 24.5 Å². The lowest BCUT2D eigenvalue weighted by Gasteiger charge is -2.11. The van der Waals surface area contributed by atoms with Gasteiger partial charge in [-0.15, -0.1) is 0 Å². The van der Waals surface area contributed by atoms with Gasteiger partial charge in [0, 0.05) is 67.3 Å². The Kier molecular flexibility index (Phi) is 16.0. The highest BCUT2D eigenvalue weighted by Gasteiger charge is 2.17. The molecule has 1 aromatic carbocycles. The van der Waals surface area contributed by atoms with Gasteiger partial charge < -0.3 is 5.21 Å². The standard InChI is InChI=1S/C19H12ClFN4O2S.2C8H5ClN2.C8H6N2O.C8H6N2/c20-19-18(25-28(26,27)14-5-3-13(21)4-6-14)10-12(11-23-19)15-7-8-16-17(24-15)2-1-9-22-16;9-8-4-3-6-7(11-8)2-1-5-10-6;9-6-3-5-10-7-2-1-4-11-8(6)7;11-10-6-2-3-7-8(10)4-1-5-9-7;1-3-7-8(9-5-1)4-2-6-10-7/h1-11,25H;2*1-5H;1-6H;1-6H. The number of anilines is 1. The summed E-state index contributed by atoms with van der Waals surface area (Å²) in [5, 5.41) is 12.2. The Balaban J connectivity index is 0.000000130. The topological polar surface area (TPSA) is 202 Å². The van der Waals surface area contributed by atoms with Crippen LogP contribution in [-0.2, 0) is 10.0 Å². The zero-order valence-electron chi connectivity index (χ0n) is 36.6. The first-order chi connectivity index (χ1) is 34.5. The highest BCUT2D eigenvalue weighted by atomic mass is 35.5. The Hall–Kier alpha value is -8.48. The minimum atomic E-state index is -3.96. The first-order valence-electron chi connectivity index (χ1n) is 21.0. The third-order valence-electron chi connectivity index (χ3n) is 9.73. The molecule has 11 aromatic heterocycles. The van der Waals surface area contributed by atoms with E-state index in [9.17, 15) is 18.0 Å². The lowest BCUT2D eigenvalue weighted by atomic mass is 10.1. The molecule has 0 aliphatic heterocycles. The number of nitrogens with one attached hydrogen (secondary N) is 1. The van der Waals surface area contributed by atoms with E-state index < -0.39 is 15.8 Å². The Morgan fingerprint density at radius 2 is 1.03 bits per heavy atom. The summed E-state index contributed by atoms with van der Waals surface area (Å²) in [5.74, 6) is -0.530. The molecule has 0 radical (unpaired) electrons. The fourth-order valence-electron chi connectivity index (χ4n) is 6.39. The molecule has 0 aliphatic carbocycles. The summed E-state index contributed by atoms with van der Waals surface area (Å²) in [5.41, 5.74) is 9.23. The summed E-state index contributed by atoms with van der Waals surface area (Å²) in [4.78, 5) is 41.3. The zero-order valence-corrected chi connectivity index (χ0v) is 39.7. The molecule has 11 heterocycles. The summed E-state index contributed by atoms with van der Waals surface area (Å²) in [6.07, 6.45) is 15.0. The summed E-state index contributed by atoms with van der Waals surface area (Å²) >= 11 is 17.6. The Bertz CT molecular complexity index is 3730. The number of hydrogen-bond donors (Lipinski definition) is 1. The van der Waals surface area contributed by atoms with Gasteiger partial charge in [-0.05, 0) is 133 Å². The molecule has 20 heteroatoms. The molecule has 12 aromatic rings. The van der Waals surface area contributed by atoms with Gasteiger partial charge in [0.2, 0.25) is 5.52 Å². The molecule has 0 unspecified atom stereocenters. The van der Waals surface area contributed by atoms with Gasteiger partial charge in [-0.2, -0.15) is 4.73 Å². The van der Waals surface area contributed by atoms with Crippen molar-refractivity contribution in [2.75, 3.05) is 4.72 Å². The SMILES string of the molecule is Clc1ccc2ncccc2n1.Clc1ccnc2cccnc12.O=S(=O)(Nc1cc(-c2ccc3ncccc3n2)cnc1Cl)c1ccc(F)cc1.[O-][n+]1cccc2ncccc21.c1cnc2cccnc2c1. The predicted molar refractivity (Wildman–Crippen MR) is 274 cm³/mol. The van der Waals surface area contributed by atoms with Crippen LogP contribution in [0.1, 0.15) is 0 Å². The molecule has 0 fully saturated rings. The summed E-state index contributed by atoms with van der Waals surface area (Å²) in [7, 11) is -3.96. The van der Waals surface area contributed by atoms with Crippen molar-refractivity contribution in [2.45, 2.75) is 4.90 Å². The second kappa shape index (κ2) is 23.2. The van der Waals surface area contributed by atoms with Crippen LogP contribution >= 0.6 is 34.8 Å². The Labute approximate surface area is 419 Å². The monoisotopic (exact) mass is 1020 g/mol. The molecular formula is C51H34Cl3FN12O3S. The molecule has 0 spiro atoms. The zero-order chi connectivity index (χ0) is 49.6. The van der Waals surface area contributed by atoms with E-state index >= 15 is 0 Å². The molecule has 0 bridgehead atoms. The van der Waals surface area contributed by atoms with Crippen molar-refractivity contribution in [3.63, 3.8) is 0 Å². The van der Waals surface area contributed by atoms with E-state index in [4.69, 9.17) is 34.8 Å². The third kappa shape index (κ3) is 13.0. The van der Waals surface area contributed by atoms with Gasteiger partial charge in [-0.25, -0.2) is 32.7 Å². The van der Waals surface area contributed by atoms with Crippen molar-refractivity contribution in [3.05, 3.63) is 228 Å². The molecule has 0 amide bonds. The third-order valence-corrected chi connectivity index (χ3v) is 11.9. The number of benzene rings is 1. The van der Waals surface area contributed by atoms with E-state index in [-0.39, 0.29) is 15.7 Å². The Morgan fingerprint density at radius 3 is 1.66 bits per heavy atom. The van der Waals surface area contributed by atoms with E-state index in [1.54, 1.807) is 91.9 Å². The lowest BCUT2D eigenvalue weighted by Crippen LogP contribution is -2.25. The summed E-state index contributed by atoms with van der Waals surface area (Å²) in [6.45, 7) is 0. The van der Waals surface area contributed by atoms with E-state index in [2.05, 4.69) is 54.6 Å². The number of nitrogens with zero attached hydrogens (tertiary/aromatic N) is 11. The van der Waals surface area contributed by atoms with Crippen molar-refractivity contribution in [1.82, 2.24) is 49.8 Å². The first kappa shape index (κ1) is 49.0. The van der Waals surface area contributed by atoms with Gasteiger partial charge in [0.1, 0.15) is 22.0 Å². The van der Waals surface area contributed by atoms with Gasteiger partial charge in [0.25, 0.3) is 10.0 Å². The number of halogens is 4. The van der Waals surface area contributed by atoms with Gasteiger partial charge in [0.05, 0.1) is 59.9 Å². The maximum Gasteiger partial charge on any atom is 0.261 e. The molecule has 71 heavy (non-hydrogen) atoms. The number of sulfonamides is 1. The average Bonchev–Trinajstić information content (AvgIpc) is 3.40. The van der Waals surface area contributed by atoms with Gasteiger partial charge in [-0.3, -0.25) is 34.6 Å². The highest BCUT2D eigenvalue weighted by Crippen LogP contribution is 2.29. The molecule has 0 aliphatic rings. The van der Waals surface area contributed by atoms with Crippen molar-refractivity contribution in [1.29, 1.82) is 0 Å². The molecule has 0 saturated carbocycles. The van der Waals surface area contributed by atoms with Crippen molar-refractivity contribution in [3.8, 4) is 11.3 Å². The van der Waals surface area contributed by atoms with E-state index in [0.29, 0.717) is 32.5 Å².